The maximum Gasteiger partial charge on any atom is 0.394 e. The highest BCUT2D eigenvalue weighted by Crippen LogP contribution is 2.46. The van der Waals surface area contributed by atoms with Gasteiger partial charge in [-0.15, -0.1) is 12.4 Å². The van der Waals surface area contributed by atoms with Crippen molar-refractivity contribution in [3.63, 3.8) is 0 Å². The SMILES string of the molecule is CN(C)CCC=C1c2ccccc2Sc2ccc(Cl)cc21.CN1C2CCC1CC(OC(c1ccccc1)c1ccccc1)C2.Cl.O=S(=O)(O)O. The van der Waals surface area contributed by atoms with E-state index in [-0.39, 0.29) is 18.5 Å². The van der Waals surface area contributed by atoms with Gasteiger partial charge in [0.25, 0.3) is 0 Å². The molecule has 2 N–H and O–H groups in total. The van der Waals surface area contributed by atoms with Gasteiger partial charge in [-0.05, 0) is 105 Å². The number of nitrogens with zero attached hydrogens (tertiary/aromatic N) is 2. The zero-order chi connectivity index (χ0) is 35.0. The lowest BCUT2D eigenvalue weighted by atomic mass is 9.96. The number of hydrogen-bond donors (Lipinski definition) is 2. The molecule has 2 atom stereocenters. The first-order chi connectivity index (χ1) is 23.5. The molecular formula is C39H46Cl2N2O5S2. The lowest BCUT2D eigenvalue weighted by Gasteiger charge is -2.38. The molecule has 3 aliphatic rings. The molecule has 0 saturated carbocycles. The van der Waals surface area contributed by atoms with Crippen LogP contribution in [0.1, 0.15) is 60.5 Å². The summed E-state index contributed by atoms with van der Waals surface area (Å²) in [4.78, 5) is 7.39. The zero-order valence-corrected chi connectivity index (χ0v) is 31.8. The Bertz CT molecular complexity index is 1750. The first-order valence-electron chi connectivity index (χ1n) is 16.6. The average Bonchev–Trinajstić information content (AvgIpc) is 3.26. The molecule has 7 rings (SSSR count). The quantitative estimate of drug-likeness (QED) is 0.159. The van der Waals surface area contributed by atoms with Crippen molar-refractivity contribution < 1.29 is 22.3 Å². The van der Waals surface area contributed by atoms with Crippen molar-refractivity contribution in [2.24, 2.45) is 0 Å². The highest BCUT2D eigenvalue weighted by molar-refractivity contribution is 7.99. The van der Waals surface area contributed by atoms with E-state index in [1.807, 2.05) is 17.8 Å². The van der Waals surface area contributed by atoms with E-state index >= 15 is 0 Å². The molecule has 0 aliphatic carbocycles. The number of halogens is 2. The molecule has 2 bridgehead atoms. The molecule has 3 heterocycles. The van der Waals surface area contributed by atoms with Gasteiger partial charge in [-0.1, -0.05) is 108 Å². The molecule has 7 nitrogen and oxygen atoms in total. The van der Waals surface area contributed by atoms with Gasteiger partial charge >= 0.3 is 10.4 Å². The summed E-state index contributed by atoms with van der Waals surface area (Å²) < 4.78 is 38.2. The molecular weight excluding hydrogens is 711 g/mol. The lowest BCUT2D eigenvalue weighted by Crippen LogP contribution is -2.43. The highest BCUT2D eigenvalue weighted by Gasteiger charge is 2.39. The Morgan fingerprint density at radius 3 is 1.94 bits per heavy atom. The maximum absolute atomic E-state index is 8.74. The van der Waals surface area contributed by atoms with Crippen LogP contribution in [0.15, 0.2) is 119 Å². The summed E-state index contributed by atoms with van der Waals surface area (Å²) in [5, 5.41) is 0.798. The van der Waals surface area contributed by atoms with Gasteiger partial charge in [-0.25, -0.2) is 0 Å². The van der Waals surface area contributed by atoms with E-state index < -0.39 is 10.4 Å². The molecule has 0 spiro atoms. The van der Waals surface area contributed by atoms with Crippen molar-refractivity contribution in [1.82, 2.24) is 9.80 Å². The van der Waals surface area contributed by atoms with Crippen LogP contribution in [0, 0.1) is 0 Å². The molecule has 50 heavy (non-hydrogen) atoms. The van der Waals surface area contributed by atoms with Crippen molar-refractivity contribution in [2.75, 3.05) is 27.7 Å². The molecule has 4 aromatic carbocycles. The van der Waals surface area contributed by atoms with Gasteiger partial charge in [0.05, 0.1) is 6.10 Å². The minimum absolute atomic E-state index is 0. The Morgan fingerprint density at radius 1 is 0.860 bits per heavy atom. The molecule has 2 saturated heterocycles. The molecule has 4 aromatic rings. The molecule has 2 unspecified atom stereocenters. The Hall–Kier alpha value is -2.70. The van der Waals surface area contributed by atoms with E-state index in [0.717, 1.165) is 18.0 Å². The fraction of sp³-hybridized carbons (Fsp3) is 0.333. The van der Waals surface area contributed by atoms with Crippen molar-refractivity contribution in [2.45, 2.75) is 66.2 Å². The van der Waals surface area contributed by atoms with Gasteiger partial charge in [-0.2, -0.15) is 8.42 Å². The van der Waals surface area contributed by atoms with Crippen LogP contribution in [0.2, 0.25) is 5.02 Å². The van der Waals surface area contributed by atoms with E-state index in [2.05, 4.69) is 134 Å². The van der Waals surface area contributed by atoms with Crippen LogP contribution in [0.25, 0.3) is 5.57 Å². The summed E-state index contributed by atoms with van der Waals surface area (Å²) in [7, 11) is 1.83. The Morgan fingerprint density at radius 2 is 1.38 bits per heavy atom. The number of ether oxygens (including phenoxy) is 1. The molecule has 0 amide bonds. The topological polar surface area (TPSA) is 90.3 Å². The van der Waals surface area contributed by atoms with E-state index in [9.17, 15) is 0 Å². The van der Waals surface area contributed by atoms with Gasteiger partial charge in [0.2, 0.25) is 0 Å². The summed E-state index contributed by atoms with van der Waals surface area (Å²) >= 11 is 8.03. The van der Waals surface area contributed by atoms with Gasteiger partial charge < -0.3 is 14.5 Å². The van der Waals surface area contributed by atoms with E-state index in [1.165, 1.54) is 63.3 Å². The third-order valence-electron chi connectivity index (χ3n) is 9.14. The minimum atomic E-state index is -4.67. The minimum Gasteiger partial charge on any atom is -0.365 e. The van der Waals surface area contributed by atoms with Crippen molar-refractivity contribution >= 4 is 51.7 Å². The predicted molar refractivity (Wildman–Crippen MR) is 207 cm³/mol. The summed E-state index contributed by atoms with van der Waals surface area (Å²) in [6.07, 6.45) is 8.80. The van der Waals surface area contributed by atoms with Crippen molar-refractivity contribution in [1.29, 1.82) is 0 Å². The second-order valence-corrected chi connectivity index (χ2v) is 15.3. The molecule has 0 radical (unpaired) electrons. The Labute approximate surface area is 312 Å². The van der Waals surface area contributed by atoms with Gasteiger partial charge in [0.15, 0.2) is 0 Å². The largest absolute Gasteiger partial charge is 0.394 e. The summed E-state index contributed by atoms with van der Waals surface area (Å²) in [5.74, 6) is 0. The number of hydrogen-bond acceptors (Lipinski definition) is 6. The van der Waals surface area contributed by atoms with Crippen LogP contribution in [-0.2, 0) is 15.1 Å². The summed E-state index contributed by atoms with van der Waals surface area (Å²) in [6, 6.07) is 37.5. The van der Waals surface area contributed by atoms with Crippen LogP contribution in [0.4, 0.5) is 0 Å². The number of piperidine rings is 1. The fourth-order valence-electron chi connectivity index (χ4n) is 6.80. The Kier molecular flexibility index (Phi) is 15.0. The van der Waals surface area contributed by atoms with E-state index in [4.69, 9.17) is 33.9 Å². The second-order valence-electron chi connectivity index (χ2n) is 12.9. The smallest absolute Gasteiger partial charge is 0.365 e. The first kappa shape index (κ1) is 40.1. The van der Waals surface area contributed by atoms with Gasteiger partial charge in [0.1, 0.15) is 6.10 Å². The normalized spacial score (nSPS) is 20.2. The van der Waals surface area contributed by atoms with Crippen LogP contribution in [-0.4, -0.2) is 73.2 Å². The Balaban J connectivity index is 0.000000196. The van der Waals surface area contributed by atoms with Gasteiger partial charge in [-0.3, -0.25) is 9.11 Å². The second kappa shape index (κ2) is 18.7. The third-order valence-corrected chi connectivity index (χ3v) is 10.5. The fourth-order valence-corrected chi connectivity index (χ4v) is 8.06. The van der Waals surface area contributed by atoms with Crippen molar-refractivity contribution in [3.05, 3.63) is 136 Å². The third kappa shape index (κ3) is 11.4. The average molecular weight is 758 g/mol. The molecule has 11 heteroatoms. The highest BCUT2D eigenvalue weighted by atomic mass is 35.5. The van der Waals surface area contributed by atoms with E-state index in [0.29, 0.717) is 18.2 Å². The molecule has 3 aliphatic heterocycles. The monoisotopic (exact) mass is 756 g/mol. The van der Waals surface area contributed by atoms with Crippen LogP contribution in [0.5, 0.6) is 0 Å². The molecule has 268 valence electrons. The van der Waals surface area contributed by atoms with Crippen LogP contribution >= 0.6 is 35.8 Å². The summed E-state index contributed by atoms with van der Waals surface area (Å²) in [5.41, 5.74) is 6.39. The summed E-state index contributed by atoms with van der Waals surface area (Å²) in [6.45, 7) is 1.05. The maximum atomic E-state index is 8.74. The lowest BCUT2D eigenvalue weighted by molar-refractivity contribution is -0.0426. The first-order valence-corrected chi connectivity index (χ1v) is 19.1. The number of benzene rings is 4. The standard InChI is InChI=1S/C21H25NO.C18H18ClNS.ClH.H2O4S/c1-22-18-12-13-19(22)15-20(14-18)23-21(16-8-4-2-5-9-16)17-10-6-3-7-11-17;1-20(2)11-5-7-14-15-6-3-4-8-17(15)21-18-10-9-13(19)12-16(14)18;;1-5(2,3)4/h2-11,18-21H,12-15H2,1H3;3-4,6-10,12H,5,11H2,1-2H3;1H;(H2,1,2,3,4). The number of rotatable bonds is 7. The zero-order valence-electron chi connectivity index (χ0n) is 28.6. The molecule has 2 fully saturated rings. The van der Waals surface area contributed by atoms with Crippen LogP contribution in [0.3, 0.4) is 0 Å². The molecule has 0 aromatic heterocycles. The van der Waals surface area contributed by atoms with E-state index in [1.54, 1.807) is 0 Å². The van der Waals surface area contributed by atoms with Crippen molar-refractivity contribution in [3.8, 4) is 0 Å². The predicted octanol–water partition coefficient (Wildman–Crippen LogP) is 9.37. The van der Waals surface area contributed by atoms with Crippen LogP contribution < -0.4 is 0 Å². The number of fused-ring (bicyclic) bond motifs is 4. The van der Waals surface area contributed by atoms with Gasteiger partial charge in [0, 0.05) is 33.4 Å².